The number of nitrogens with one attached hydrogen (secondary N) is 1. The van der Waals surface area contributed by atoms with E-state index in [1.54, 1.807) is 37.3 Å². The Labute approximate surface area is 222 Å². The van der Waals surface area contributed by atoms with E-state index >= 15 is 0 Å². The lowest BCUT2D eigenvalue weighted by Crippen LogP contribution is -2.51. The van der Waals surface area contributed by atoms with Crippen molar-refractivity contribution in [3.8, 4) is 11.5 Å². The van der Waals surface area contributed by atoms with Crippen LogP contribution in [0, 0.1) is 0 Å². The quantitative estimate of drug-likeness (QED) is 0.425. The van der Waals surface area contributed by atoms with Gasteiger partial charge in [-0.05, 0) is 37.6 Å². The molecule has 2 aromatic carbocycles. The van der Waals surface area contributed by atoms with Gasteiger partial charge in [-0.1, -0.05) is 36.2 Å². The van der Waals surface area contributed by atoms with Gasteiger partial charge in [0, 0.05) is 34.8 Å². The first kappa shape index (κ1) is 29.5. The lowest BCUT2D eigenvalue weighted by atomic mass is 10.1. The minimum Gasteiger partial charge on any atom is -0.497 e. The van der Waals surface area contributed by atoms with Crippen molar-refractivity contribution in [1.82, 2.24) is 10.2 Å². The molecule has 198 valence electrons. The van der Waals surface area contributed by atoms with Gasteiger partial charge in [-0.2, -0.15) is 0 Å². The van der Waals surface area contributed by atoms with Gasteiger partial charge in [-0.25, -0.2) is 8.42 Å². The summed E-state index contributed by atoms with van der Waals surface area (Å²) < 4.78 is 37.1. The predicted molar refractivity (Wildman–Crippen MR) is 142 cm³/mol. The number of sulfonamides is 1. The molecule has 1 atom stereocenters. The number of halogens is 2. The van der Waals surface area contributed by atoms with E-state index in [2.05, 4.69) is 5.32 Å². The fraction of sp³-hybridized carbons (Fsp3) is 0.417. The molecular weight excluding hydrogens is 529 g/mol. The summed E-state index contributed by atoms with van der Waals surface area (Å²) in [5.74, 6) is -0.430. The van der Waals surface area contributed by atoms with Gasteiger partial charge in [0.1, 0.15) is 24.1 Å². The van der Waals surface area contributed by atoms with Crippen LogP contribution < -0.4 is 19.1 Å². The van der Waals surface area contributed by atoms with Gasteiger partial charge in [0.2, 0.25) is 21.8 Å². The average molecular weight is 561 g/mol. The molecule has 0 aliphatic carbocycles. The molecular formula is C24H31Cl2N3O6S. The molecule has 2 rings (SSSR count). The number of methoxy groups -OCH3 is 2. The van der Waals surface area contributed by atoms with Crippen LogP contribution >= 0.6 is 23.2 Å². The van der Waals surface area contributed by atoms with Crippen LogP contribution in [0.4, 0.5) is 5.69 Å². The Kier molecular flexibility index (Phi) is 10.7. The number of benzene rings is 2. The van der Waals surface area contributed by atoms with Crippen molar-refractivity contribution in [1.29, 1.82) is 0 Å². The number of carbonyl (C=O) groups excluding carboxylic acids is 2. The first-order valence-electron chi connectivity index (χ1n) is 11.1. The van der Waals surface area contributed by atoms with Crippen molar-refractivity contribution >= 4 is 50.7 Å². The van der Waals surface area contributed by atoms with Crippen LogP contribution in [-0.4, -0.2) is 64.7 Å². The molecule has 36 heavy (non-hydrogen) atoms. The molecule has 2 amide bonds. The molecule has 0 radical (unpaired) electrons. The molecule has 0 unspecified atom stereocenters. The molecule has 1 N–H and O–H groups in total. The molecule has 0 aliphatic heterocycles. The molecule has 0 fully saturated rings. The van der Waals surface area contributed by atoms with E-state index in [1.165, 1.54) is 25.2 Å². The van der Waals surface area contributed by atoms with Crippen molar-refractivity contribution in [2.45, 2.75) is 32.9 Å². The van der Waals surface area contributed by atoms with Crippen LogP contribution in [0.1, 0.15) is 25.8 Å². The second-order valence-electron chi connectivity index (χ2n) is 8.00. The Balaban J connectivity index is 2.52. The Morgan fingerprint density at radius 1 is 1.08 bits per heavy atom. The Morgan fingerprint density at radius 2 is 1.72 bits per heavy atom. The normalized spacial score (nSPS) is 12.0. The summed E-state index contributed by atoms with van der Waals surface area (Å²) in [4.78, 5) is 27.7. The number of hydrogen-bond acceptors (Lipinski definition) is 6. The maximum Gasteiger partial charge on any atom is 0.244 e. The van der Waals surface area contributed by atoms with E-state index in [-0.39, 0.29) is 18.0 Å². The standard InChI is InChI=1S/C24H31Cl2N3O6S/c1-6-12-27-24(31)16(2)28(14-18-19(25)8-7-9-20(18)26)23(30)15-29(36(5,32)33)21-13-17(34-3)10-11-22(21)35-4/h7-11,13,16H,6,12,14-15H2,1-5H3,(H,27,31)/t16-/m1/s1. The highest BCUT2D eigenvalue weighted by Gasteiger charge is 2.32. The maximum atomic E-state index is 13.7. The molecule has 0 saturated heterocycles. The topological polar surface area (TPSA) is 105 Å². The summed E-state index contributed by atoms with van der Waals surface area (Å²) in [6.07, 6.45) is 1.69. The van der Waals surface area contributed by atoms with Crippen molar-refractivity contribution in [2.24, 2.45) is 0 Å². The molecule has 2 aromatic rings. The molecule has 0 aromatic heterocycles. The zero-order chi connectivity index (χ0) is 27.0. The summed E-state index contributed by atoms with van der Waals surface area (Å²) in [6, 6.07) is 8.58. The van der Waals surface area contributed by atoms with E-state index in [4.69, 9.17) is 32.7 Å². The summed E-state index contributed by atoms with van der Waals surface area (Å²) in [7, 11) is -1.13. The SMILES string of the molecule is CCCNC(=O)[C@@H](C)N(Cc1c(Cl)cccc1Cl)C(=O)CN(c1cc(OC)ccc1OC)S(C)(=O)=O. The Morgan fingerprint density at radius 3 is 2.25 bits per heavy atom. The zero-order valence-corrected chi connectivity index (χ0v) is 23.2. The van der Waals surface area contributed by atoms with Gasteiger partial charge in [0.25, 0.3) is 0 Å². The Hall–Kier alpha value is -2.69. The molecule has 0 spiro atoms. The summed E-state index contributed by atoms with van der Waals surface area (Å²) in [5.41, 5.74) is 0.556. The second kappa shape index (κ2) is 13.0. The fourth-order valence-corrected chi connectivity index (χ4v) is 4.78. The zero-order valence-electron chi connectivity index (χ0n) is 20.9. The highest BCUT2D eigenvalue weighted by Crippen LogP contribution is 2.34. The van der Waals surface area contributed by atoms with Gasteiger partial charge in [-0.15, -0.1) is 0 Å². The van der Waals surface area contributed by atoms with Crippen LogP contribution in [0.3, 0.4) is 0 Å². The highest BCUT2D eigenvalue weighted by atomic mass is 35.5. The van der Waals surface area contributed by atoms with Gasteiger partial charge >= 0.3 is 0 Å². The van der Waals surface area contributed by atoms with Crippen LogP contribution in [-0.2, 0) is 26.2 Å². The van der Waals surface area contributed by atoms with Crippen LogP contribution in [0.15, 0.2) is 36.4 Å². The minimum atomic E-state index is -3.96. The largest absolute Gasteiger partial charge is 0.497 e. The predicted octanol–water partition coefficient (Wildman–Crippen LogP) is 3.72. The average Bonchev–Trinajstić information content (AvgIpc) is 2.84. The third kappa shape index (κ3) is 7.41. The van der Waals surface area contributed by atoms with E-state index in [0.717, 1.165) is 10.6 Å². The monoisotopic (exact) mass is 559 g/mol. The van der Waals surface area contributed by atoms with Crippen LogP contribution in [0.25, 0.3) is 0 Å². The third-order valence-corrected chi connectivity index (χ3v) is 7.28. The van der Waals surface area contributed by atoms with Gasteiger partial charge < -0.3 is 19.7 Å². The lowest BCUT2D eigenvalue weighted by Gasteiger charge is -2.32. The summed E-state index contributed by atoms with van der Waals surface area (Å²) in [6.45, 7) is 3.18. The van der Waals surface area contributed by atoms with Crippen molar-refractivity contribution in [3.63, 3.8) is 0 Å². The van der Waals surface area contributed by atoms with Crippen molar-refractivity contribution in [2.75, 3.05) is 37.9 Å². The summed E-state index contributed by atoms with van der Waals surface area (Å²) >= 11 is 12.7. The highest BCUT2D eigenvalue weighted by molar-refractivity contribution is 7.92. The van der Waals surface area contributed by atoms with E-state index < -0.39 is 34.4 Å². The maximum absolute atomic E-state index is 13.7. The smallest absolute Gasteiger partial charge is 0.244 e. The van der Waals surface area contributed by atoms with Gasteiger partial charge in [0.05, 0.1) is 26.2 Å². The fourth-order valence-electron chi connectivity index (χ4n) is 3.42. The van der Waals surface area contributed by atoms with E-state index in [1.807, 2.05) is 6.92 Å². The first-order chi connectivity index (χ1) is 16.9. The van der Waals surface area contributed by atoms with Crippen molar-refractivity contribution in [3.05, 3.63) is 52.0 Å². The molecule has 0 aliphatic rings. The first-order valence-corrected chi connectivity index (χ1v) is 13.7. The van der Waals surface area contributed by atoms with E-state index in [0.29, 0.717) is 34.3 Å². The summed E-state index contributed by atoms with van der Waals surface area (Å²) in [5, 5.41) is 3.40. The molecule has 0 heterocycles. The van der Waals surface area contributed by atoms with Gasteiger partial charge in [-0.3, -0.25) is 13.9 Å². The lowest BCUT2D eigenvalue weighted by molar-refractivity contribution is -0.139. The third-order valence-electron chi connectivity index (χ3n) is 5.44. The number of nitrogens with zero attached hydrogens (tertiary/aromatic N) is 2. The molecule has 0 saturated carbocycles. The Bertz CT molecular complexity index is 1170. The number of ether oxygens (including phenoxy) is 2. The number of rotatable bonds is 12. The van der Waals surface area contributed by atoms with E-state index in [9.17, 15) is 18.0 Å². The molecule has 12 heteroatoms. The number of carbonyl (C=O) groups is 2. The van der Waals surface area contributed by atoms with Crippen molar-refractivity contribution < 1.29 is 27.5 Å². The molecule has 9 nitrogen and oxygen atoms in total. The number of hydrogen-bond donors (Lipinski definition) is 1. The molecule has 0 bridgehead atoms. The second-order valence-corrected chi connectivity index (χ2v) is 10.7. The number of amides is 2. The van der Waals surface area contributed by atoms with Crippen LogP contribution in [0.5, 0.6) is 11.5 Å². The minimum absolute atomic E-state index is 0.106. The number of anilines is 1. The van der Waals surface area contributed by atoms with Gasteiger partial charge in [0.15, 0.2) is 0 Å². The van der Waals surface area contributed by atoms with Crippen LogP contribution in [0.2, 0.25) is 10.0 Å².